The number of nitrogens with one attached hydrogen (secondary N) is 2. The summed E-state index contributed by atoms with van der Waals surface area (Å²) in [6.07, 6.45) is 1.75. The molecular weight excluding hydrogens is 431 g/mol. The Morgan fingerprint density at radius 3 is 2.76 bits per heavy atom. The number of hydrogen-bond acceptors (Lipinski definition) is 4. The summed E-state index contributed by atoms with van der Waals surface area (Å²) in [6, 6.07) is 8.01. The molecule has 2 rings (SSSR count). The average Bonchev–Trinajstić information content (AvgIpc) is 3.04. The fourth-order valence-corrected chi connectivity index (χ4v) is 2.25. The minimum atomic E-state index is 0. The maximum absolute atomic E-state index is 5.96. The molecule has 0 saturated carbocycles. The first-order valence-corrected chi connectivity index (χ1v) is 8.17. The molecule has 7 nitrogen and oxygen atoms in total. The summed E-state index contributed by atoms with van der Waals surface area (Å²) in [5, 5.41) is 14.5. The lowest BCUT2D eigenvalue weighted by molar-refractivity contribution is 0.222. The molecule has 1 heterocycles. The molecule has 0 aliphatic heterocycles. The van der Waals surface area contributed by atoms with E-state index in [0.29, 0.717) is 19.0 Å². The fraction of sp³-hybridized carbons (Fsp3) is 0.471. The molecule has 1 aromatic carbocycles. The Balaban J connectivity index is 0.00000312. The molecule has 0 spiro atoms. The SMILES string of the molecule is CCn1cnnc1CNC(=NC)NCC(C)Oc1ccccc1C.I. The molecule has 0 radical (unpaired) electrons. The normalized spacial score (nSPS) is 12.2. The zero-order valence-corrected chi connectivity index (χ0v) is 17.5. The van der Waals surface area contributed by atoms with Crippen molar-refractivity contribution in [2.75, 3.05) is 13.6 Å². The summed E-state index contributed by atoms with van der Waals surface area (Å²) < 4.78 is 7.95. The third-order valence-corrected chi connectivity index (χ3v) is 3.65. The van der Waals surface area contributed by atoms with Crippen LogP contribution in [0, 0.1) is 6.92 Å². The van der Waals surface area contributed by atoms with E-state index in [4.69, 9.17) is 4.74 Å². The number of nitrogens with zero attached hydrogens (tertiary/aromatic N) is 4. The highest BCUT2D eigenvalue weighted by atomic mass is 127. The molecule has 0 saturated heterocycles. The number of ether oxygens (including phenoxy) is 1. The summed E-state index contributed by atoms with van der Waals surface area (Å²) >= 11 is 0. The number of aromatic nitrogens is 3. The topological polar surface area (TPSA) is 76.4 Å². The van der Waals surface area contributed by atoms with Crippen LogP contribution in [-0.4, -0.2) is 40.4 Å². The highest BCUT2D eigenvalue weighted by molar-refractivity contribution is 14.0. The Labute approximate surface area is 166 Å². The number of hydrogen-bond donors (Lipinski definition) is 2. The van der Waals surface area contributed by atoms with Gasteiger partial charge in [0.15, 0.2) is 11.8 Å². The molecule has 0 fully saturated rings. The van der Waals surface area contributed by atoms with Crippen LogP contribution in [0.3, 0.4) is 0 Å². The van der Waals surface area contributed by atoms with E-state index < -0.39 is 0 Å². The monoisotopic (exact) mass is 458 g/mol. The molecule has 25 heavy (non-hydrogen) atoms. The van der Waals surface area contributed by atoms with E-state index in [1.54, 1.807) is 13.4 Å². The minimum Gasteiger partial charge on any atom is -0.489 e. The zero-order valence-electron chi connectivity index (χ0n) is 15.2. The molecule has 0 bridgehead atoms. The third kappa shape index (κ3) is 6.52. The molecule has 8 heteroatoms. The molecule has 2 aromatic rings. The number of guanidine groups is 1. The second-order valence-electron chi connectivity index (χ2n) is 5.53. The molecule has 2 N–H and O–H groups in total. The predicted molar refractivity (Wildman–Crippen MR) is 111 cm³/mol. The van der Waals surface area contributed by atoms with Crippen LogP contribution in [0.25, 0.3) is 0 Å². The third-order valence-electron chi connectivity index (χ3n) is 3.65. The summed E-state index contributed by atoms with van der Waals surface area (Å²) in [5.74, 6) is 2.50. The largest absolute Gasteiger partial charge is 0.489 e. The standard InChI is InChI=1S/C17H26N6O.HI/c1-5-23-12-21-22-16(23)11-20-17(18-4)19-10-14(3)24-15-9-7-6-8-13(15)2;/h6-9,12,14H,5,10-11H2,1-4H3,(H2,18,19,20);1H. The number of halogens is 1. The van der Waals surface area contributed by atoms with E-state index in [9.17, 15) is 0 Å². The Kier molecular flexibility index (Phi) is 9.25. The first-order valence-electron chi connectivity index (χ1n) is 8.17. The molecule has 1 unspecified atom stereocenters. The first-order chi connectivity index (χ1) is 11.6. The van der Waals surface area contributed by atoms with Gasteiger partial charge in [0, 0.05) is 13.6 Å². The molecular formula is C17H27IN6O. The van der Waals surface area contributed by atoms with Crippen LogP contribution in [0.4, 0.5) is 0 Å². The lowest BCUT2D eigenvalue weighted by atomic mass is 10.2. The number of benzene rings is 1. The zero-order chi connectivity index (χ0) is 17.4. The maximum Gasteiger partial charge on any atom is 0.191 e. The van der Waals surface area contributed by atoms with Crippen LogP contribution in [0.2, 0.25) is 0 Å². The summed E-state index contributed by atoms with van der Waals surface area (Å²) in [6.45, 7) is 8.19. The predicted octanol–water partition coefficient (Wildman–Crippen LogP) is 2.36. The average molecular weight is 458 g/mol. The second-order valence-corrected chi connectivity index (χ2v) is 5.53. The van der Waals surface area contributed by atoms with Crippen LogP contribution in [0.1, 0.15) is 25.2 Å². The van der Waals surface area contributed by atoms with Gasteiger partial charge in [-0.1, -0.05) is 18.2 Å². The fourth-order valence-electron chi connectivity index (χ4n) is 2.25. The molecule has 1 atom stereocenters. The van der Waals surface area contributed by atoms with E-state index in [0.717, 1.165) is 23.7 Å². The van der Waals surface area contributed by atoms with Crippen LogP contribution >= 0.6 is 24.0 Å². The van der Waals surface area contributed by atoms with Crippen LogP contribution in [0.15, 0.2) is 35.6 Å². The Morgan fingerprint density at radius 1 is 1.32 bits per heavy atom. The number of aliphatic imine (C=N–C) groups is 1. The van der Waals surface area contributed by atoms with Crippen molar-refractivity contribution in [2.45, 2.75) is 40.0 Å². The van der Waals surface area contributed by atoms with Gasteiger partial charge in [-0.15, -0.1) is 34.2 Å². The maximum atomic E-state index is 5.96. The van der Waals surface area contributed by atoms with E-state index in [-0.39, 0.29) is 30.1 Å². The number of rotatable bonds is 7. The van der Waals surface area contributed by atoms with Crippen molar-refractivity contribution in [2.24, 2.45) is 4.99 Å². The van der Waals surface area contributed by atoms with Gasteiger partial charge in [-0.25, -0.2) is 0 Å². The Morgan fingerprint density at radius 2 is 2.08 bits per heavy atom. The van der Waals surface area contributed by atoms with Crippen LogP contribution < -0.4 is 15.4 Å². The van der Waals surface area contributed by atoms with Gasteiger partial charge in [0.05, 0.1) is 13.1 Å². The van der Waals surface area contributed by atoms with Gasteiger partial charge in [-0.3, -0.25) is 4.99 Å². The smallest absolute Gasteiger partial charge is 0.191 e. The second kappa shape index (κ2) is 10.9. The lowest BCUT2D eigenvalue weighted by Crippen LogP contribution is -2.41. The molecule has 0 aliphatic rings. The minimum absolute atomic E-state index is 0. The van der Waals surface area contributed by atoms with Crippen molar-refractivity contribution in [1.29, 1.82) is 0 Å². The molecule has 1 aromatic heterocycles. The van der Waals surface area contributed by atoms with Crippen molar-refractivity contribution in [3.8, 4) is 5.75 Å². The van der Waals surface area contributed by atoms with E-state index in [1.807, 2.05) is 42.7 Å². The summed E-state index contributed by atoms with van der Waals surface area (Å²) in [5.41, 5.74) is 1.13. The number of aryl methyl sites for hydroxylation is 2. The Bertz CT molecular complexity index is 673. The molecule has 138 valence electrons. The van der Waals surface area contributed by atoms with Crippen molar-refractivity contribution < 1.29 is 4.74 Å². The van der Waals surface area contributed by atoms with Gasteiger partial charge in [-0.05, 0) is 32.4 Å². The van der Waals surface area contributed by atoms with Crippen molar-refractivity contribution in [3.05, 3.63) is 42.0 Å². The van der Waals surface area contributed by atoms with E-state index in [2.05, 4.69) is 32.7 Å². The quantitative estimate of drug-likeness (QED) is 0.379. The molecule has 0 aliphatic carbocycles. The van der Waals surface area contributed by atoms with Crippen molar-refractivity contribution >= 4 is 29.9 Å². The van der Waals surface area contributed by atoms with Gasteiger partial charge >= 0.3 is 0 Å². The summed E-state index contributed by atoms with van der Waals surface area (Å²) in [7, 11) is 1.74. The van der Waals surface area contributed by atoms with Gasteiger partial charge in [0.25, 0.3) is 0 Å². The van der Waals surface area contributed by atoms with Crippen LogP contribution in [0.5, 0.6) is 5.75 Å². The van der Waals surface area contributed by atoms with Crippen LogP contribution in [-0.2, 0) is 13.1 Å². The number of para-hydroxylation sites is 1. The van der Waals surface area contributed by atoms with Crippen molar-refractivity contribution in [1.82, 2.24) is 25.4 Å². The first kappa shape index (κ1) is 21.2. The van der Waals surface area contributed by atoms with Crippen molar-refractivity contribution in [3.63, 3.8) is 0 Å². The summed E-state index contributed by atoms with van der Waals surface area (Å²) in [4.78, 5) is 4.22. The van der Waals surface area contributed by atoms with Gasteiger partial charge in [0.2, 0.25) is 0 Å². The highest BCUT2D eigenvalue weighted by Gasteiger charge is 2.08. The van der Waals surface area contributed by atoms with Gasteiger partial charge in [-0.2, -0.15) is 0 Å². The van der Waals surface area contributed by atoms with Gasteiger partial charge in [0.1, 0.15) is 18.2 Å². The Hall–Kier alpha value is -1.84. The highest BCUT2D eigenvalue weighted by Crippen LogP contribution is 2.17. The molecule has 0 amide bonds. The van der Waals surface area contributed by atoms with E-state index in [1.165, 1.54) is 0 Å². The van der Waals surface area contributed by atoms with E-state index >= 15 is 0 Å². The van der Waals surface area contributed by atoms with Gasteiger partial charge < -0.3 is 19.9 Å². The lowest BCUT2D eigenvalue weighted by Gasteiger charge is -2.18.